The molecule has 0 aliphatic rings. The Balaban J connectivity index is 1.96. The first-order valence-corrected chi connectivity index (χ1v) is 7.03. The van der Waals surface area contributed by atoms with Crippen molar-refractivity contribution in [3.63, 3.8) is 0 Å². The lowest BCUT2D eigenvalue weighted by molar-refractivity contribution is 0.415. The first-order valence-electron chi connectivity index (χ1n) is 6.24. The Kier molecular flexibility index (Phi) is 3.49. The van der Waals surface area contributed by atoms with Crippen molar-refractivity contribution in [1.29, 1.82) is 0 Å². The highest BCUT2D eigenvalue weighted by Crippen LogP contribution is 2.23. The van der Waals surface area contributed by atoms with Crippen molar-refractivity contribution in [2.75, 3.05) is 7.11 Å². The molecule has 0 saturated heterocycles. The van der Waals surface area contributed by atoms with Crippen LogP contribution in [0.15, 0.2) is 53.1 Å². The van der Waals surface area contributed by atoms with Gasteiger partial charge in [0.25, 0.3) is 0 Å². The molecule has 0 saturated carbocycles. The summed E-state index contributed by atoms with van der Waals surface area (Å²) in [5.74, 6) is 0.607. The lowest BCUT2D eigenvalue weighted by Gasteiger charge is -2.07. The molecule has 0 unspecified atom stereocenters. The number of nitrogens with zero attached hydrogens (tertiary/aromatic N) is 1. The van der Waals surface area contributed by atoms with Gasteiger partial charge in [0.2, 0.25) is 0 Å². The fraction of sp³-hybridized carbons (Fsp3) is 0.125. The standard InChI is InChI=1S/C16H13BrFNO/c1-20-13-3-5-16-12(9-13)6-7-19(16)10-11-2-4-15(18)14(17)8-11/h2-9H,10H2,1H3. The van der Waals surface area contributed by atoms with Crippen molar-refractivity contribution in [2.24, 2.45) is 0 Å². The van der Waals surface area contributed by atoms with Crippen LogP contribution in [0.2, 0.25) is 0 Å². The van der Waals surface area contributed by atoms with Crippen molar-refractivity contribution >= 4 is 26.8 Å². The molecule has 1 aromatic heterocycles. The smallest absolute Gasteiger partial charge is 0.137 e. The van der Waals surface area contributed by atoms with E-state index in [0.717, 1.165) is 22.2 Å². The van der Waals surface area contributed by atoms with Crippen LogP contribution >= 0.6 is 15.9 Å². The van der Waals surface area contributed by atoms with E-state index in [1.807, 2.05) is 30.5 Å². The third-order valence-electron chi connectivity index (χ3n) is 3.32. The summed E-state index contributed by atoms with van der Waals surface area (Å²) in [6, 6.07) is 13.1. The second kappa shape index (κ2) is 5.29. The van der Waals surface area contributed by atoms with Gasteiger partial charge in [0.15, 0.2) is 0 Å². The molecule has 0 fully saturated rings. The van der Waals surface area contributed by atoms with Crippen LogP contribution in [0.4, 0.5) is 4.39 Å². The monoisotopic (exact) mass is 333 g/mol. The van der Waals surface area contributed by atoms with Gasteiger partial charge in [-0.25, -0.2) is 4.39 Å². The van der Waals surface area contributed by atoms with Crippen LogP contribution < -0.4 is 4.74 Å². The normalized spacial score (nSPS) is 10.9. The summed E-state index contributed by atoms with van der Waals surface area (Å²) in [5, 5.41) is 1.13. The van der Waals surface area contributed by atoms with Gasteiger partial charge in [-0.3, -0.25) is 0 Å². The van der Waals surface area contributed by atoms with Crippen molar-refractivity contribution in [3.8, 4) is 5.75 Å². The number of aromatic nitrogens is 1. The van der Waals surface area contributed by atoms with E-state index in [1.165, 1.54) is 6.07 Å². The fourth-order valence-electron chi connectivity index (χ4n) is 2.28. The van der Waals surface area contributed by atoms with Crippen LogP contribution in [-0.4, -0.2) is 11.7 Å². The Bertz CT molecular complexity index is 766. The highest BCUT2D eigenvalue weighted by Gasteiger charge is 2.05. The molecule has 1 heterocycles. The van der Waals surface area contributed by atoms with Gasteiger partial charge in [-0.05, 0) is 57.9 Å². The number of hydrogen-bond donors (Lipinski definition) is 0. The summed E-state index contributed by atoms with van der Waals surface area (Å²) in [6.07, 6.45) is 2.03. The van der Waals surface area contributed by atoms with Crippen LogP contribution in [0.5, 0.6) is 5.75 Å². The van der Waals surface area contributed by atoms with E-state index in [9.17, 15) is 4.39 Å². The zero-order chi connectivity index (χ0) is 14.1. The number of ether oxygens (including phenoxy) is 1. The summed E-state index contributed by atoms with van der Waals surface area (Å²) in [5.41, 5.74) is 2.18. The minimum absolute atomic E-state index is 0.240. The van der Waals surface area contributed by atoms with E-state index in [2.05, 4.69) is 26.6 Å². The van der Waals surface area contributed by atoms with Gasteiger partial charge in [0.05, 0.1) is 11.6 Å². The van der Waals surface area contributed by atoms with Gasteiger partial charge in [0, 0.05) is 23.6 Å². The quantitative estimate of drug-likeness (QED) is 0.683. The molecule has 0 atom stereocenters. The summed E-state index contributed by atoms with van der Waals surface area (Å²) in [4.78, 5) is 0. The van der Waals surface area contributed by atoms with Gasteiger partial charge >= 0.3 is 0 Å². The minimum Gasteiger partial charge on any atom is -0.497 e. The minimum atomic E-state index is -0.240. The molecule has 2 aromatic carbocycles. The zero-order valence-corrected chi connectivity index (χ0v) is 12.5. The van der Waals surface area contributed by atoms with Crippen LogP contribution in [0.25, 0.3) is 10.9 Å². The molecule has 0 amide bonds. The Morgan fingerprint density at radius 2 is 2.00 bits per heavy atom. The maximum Gasteiger partial charge on any atom is 0.137 e. The Morgan fingerprint density at radius 3 is 2.75 bits per heavy atom. The molecule has 0 bridgehead atoms. The van der Waals surface area contributed by atoms with Crippen molar-refractivity contribution < 1.29 is 9.13 Å². The largest absolute Gasteiger partial charge is 0.497 e. The van der Waals surface area contributed by atoms with Crippen LogP contribution in [0, 0.1) is 5.82 Å². The molecule has 0 aliphatic carbocycles. The highest BCUT2D eigenvalue weighted by molar-refractivity contribution is 9.10. The molecular formula is C16H13BrFNO. The summed E-state index contributed by atoms with van der Waals surface area (Å²) < 4.78 is 21.1. The lowest BCUT2D eigenvalue weighted by atomic mass is 10.2. The average molecular weight is 334 g/mol. The SMILES string of the molecule is COc1ccc2c(ccn2Cc2ccc(F)c(Br)c2)c1. The van der Waals surface area contributed by atoms with Gasteiger partial charge in [-0.15, -0.1) is 0 Å². The van der Waals surface area contributed by atoms with Gasteiger partial charge in [-0.1, -0.05) is 6.07 Å². The summed E-state index contributed by atoms with van der Waals surface area (Å²) >= 11 is 3.22. The third-order valence-corrected chi connectivity index (χ3v) is 3.92. The van der Waals surface area contributed by atoms with E-state index >= 15 is 0 Å². The van der Waals surface area contributed by atoms with Crippen LogP contribution in [-0.2, 0) is 6.54 Å². The molecule has 0 N–H and O–H groups in total. The molecule has 0 aliphatic heterocycles. The summed E-state index contributed by atoms with van der Waals surface area (Å²) in [6.45, 7) is 0.703. The molecule has 3 aromatic rings. The molecule has 0 radical (unpaired) electrons. The Hall–Kier alpha value is -1.81. The fourth-order valence-corrected chi connectivity index (χ4v) is 2.70. The second-order valence-corrected chi connectivity index (χ2v) is 5.47. The first kappa shape index (κ1) is 13.2. The topological polar surface area (TPSA) is 14.2 Å². The third kappa shape index (κ3) is 2.43. The van der Waals surface area contributed by atoms with Crippen LogP contribution in [0.3, 0.4) is 0 Å². The first-order chi connectivity index (χ1) is 9.67. The molecule has 0 spiro atoms. The summed E-state index contributed by atoms with van der Waals surface area (Å²) in [7, 11) is 1.66. The van der Waals surface area contributed by atoms with Gasteiger partial charge < -0.3 is 9.30 Å². The van der Waals surface area contributed by atoms with E-state index in [0.29, 0.717) is 11.0 Å². The lowest BCUT2D eigenvalue weighted by Crippen LogP contribution is -1.98. The molecule has 20 heavy (non-hydrogen) atoms. The molecular weight excluding hydrogens is 321 g/mol. The molecule has 4 heteroatoms. The predicted octanol–water partition coefficient (Wildman–Crippen LogP) is 4.60. The maximum atomic E-state index is 13.2. The van der Waals surface area contributed by atoms with Crippen LogP contribution in [0.1, 0.15) is 5.56 Å². The van der Waals surface area contributed by atoms with Crippen molar-refractivity contribution in [2.45, 2.75) is 6.54 Å². The van der Waals surface area contributed by atoms with Gasteiger partial charge in [-0.2, -0.15) is 0 Å². The number of methoxy groups -OCH3 is 1. The predicted molar refractivity (Wildman–Crippen MR) is 81.7 cm³/mol. The Labute approximate surface area is 124 Å². The maximum absolute atomic E-state index is 13.2. The van der Waals surface area contributed by atoms with Crippen molar-refractivity contribution in [1.82, 2.24) is 4.57 Å². The average Bonchev–Trinajstić information content (AvgIpc) is 2.85. The van der Waals surface area contributed by atoms with E-state index in [1.54, 1.807) is 13.2 Å². The number of benzene rings is 2. The van der Waals surface area contributed by atoms with Crippen molar-refractivity contribution in [3.05, 3.63) is 64.5 Å². The van der Waals surface area contributed by atoms with E-state index in [-0.39, 0.29) is 5.82 Å². The van der Waals surface area contributed by atoms with E-state index in [4.69, 9.17) is 4.74 Å². The molecule has 102 valence electrons. The second-order valence-electron chi connectivity index (χ2n) is 4.62. The number of halogens is 2. The number of rotatable bonds is 3. The zero-order valence-electron chi connectivity index (χ0n) is 10.9. The van der Waals surface area contributed by atoms with E-state index < -0.39 is 0 Å². The number of hydrogen-bond acceptors (Lipinski definition) is 1. The van der Waals surface area contributed by atoms with Gasteiger partial charge in [0.1, 0.15) is 11.6 Å². The molecule has 2 nitrogen and oxygen atoms in total. The number of fused-ring (bicyclic) bond motifs is 1. The highest BCUT2D eigenvalue weighted by atomic mass is 79.9. The Morgan fingerprint density at radius 1 is 1.15 bits per heavy atom. The molecule has 3 rings (SSSR count).